The maximum Gasteiger partial charge on any atom is 0.231 e. The molecule has 1 atom stereocenters. The van der Waals surface area contributed by atoms with Crippen LogP contribution in [0.15, 0.2) is 9.90 Å². The molecule has 0 aliphatic carbocycles. The average Bonchev–Trinajstić information content (AvgIpc) is 3.22. The molecule has 0 aromatic carbocycles. The topological polar surface area (TPSA) is 98.1 Å². The van der Waals surface area contributed by atoms with Gasteiger partial charge in [0.25, 0.3) is 0 Å². The summed E-state index contributed by atoms with van der Waals surface area (Å²) in [6.45, 7) is 5.52. The second-order valence-electron chi connectivity index (χ2n) is 6.50. The van der Waals surface area contributed by atoms with Gasteiger partial charge in [-0.15, -0.1) is 11.3 Å². The third-order valence-electron chi connectivity index (χ3n) is 4.26. The largest absolute Gasteiger partial charge is 0.375 e. The fourth-order valence-corrected chi connectivity index (χ4v) is 3.48. The highest BCUT2D eigenvalue weighted by molar-refractivity contribution is 7.13. The van der Waals surface area contributed by atoms with Gasteiger partial charge >= 0.3 is 0 Å². The van der Waals surface area contributed by atoms with E-state index in [2.05, 4.69) is 15.1 Å². The quantitative estimate of drug-likeness (QED) is 0.891. The summed E-state index contributed by atoms with van der Waals surface area (Å²) in [4.78, 5) is 23.1. The SMILES string of the molecule is CC(C)c1noc([C@H]2CCCN(C(=O)CCc3csc(N)n3)C2)n1. The Balaban J connectivity index is 1.56. The Labute approximate surface area is 145 Å². The van der Waals surface area contributed by atoms with Gasteiger partial charge in [0, 0.05) is 30.8 Å². The highest BCUT2D eigenvalue weighted by Gasteiger charge is 2.28. The number of anilines is 1. The maximum absolute atomic E-state index is 12.5. The van der Waals surface area contributed by atoms with Crippen molar-refractivity contribution in [2.75, 3.05) is 18.8 Å². The van der Waals surface area contributed by atoms with Crippen molar-refractivity contribution in [3.8, 4) is 0 Å². The molecule has 1 aliphatic heterocycles. The number of hydrogen-bond donors (Lipinski definition) is 1. The summed E-state index contributed by atoms with van der Waals surface area (Å²) in [6.07, 6.45) is 3.02. The van der Waals surface area contributed by atoms with Gasteiger partial charge < -0.3 is 15.2 Å². The van der Waals surface area contributed by atoms with Crippen LogP contribution in [0.2, 0.25) is 0 Å². The Hall–Kier alpha value is -1.96. The Morgan fingerprint density at radius 2 is 2.33 bits per heavy atom. The first kappa shape index (κ1) is 16.9. The lowest BCUT2D eigenvalue weighted by molar-refractivity contribution is -0.132. The van der Waals surface area contributed by atoms with Crippen molar-refractivity contribution < 1.29 is 9.32 Å². The third-order valence-corrected chi connectivity index (χ3v) is 4.98. The second kappa shape index (κ2) is 7.29. The molecule has 8 heteroatoms. The standard InChI is InChI=1S/C16H23N5O2S/c1-10(2)14-19-15(23-20-14)11-4-3-7-21(8-11)13(22)6-5-12-9-24-16(17)18-12/h9-11H,3-8H2,1-2H3,(H2,17,18)/t11-/m0/s1. The molecule has 24 heavy (non-hydrogen) atoms. The lowest BCUT2D eigenvalue weighted by atomic mass is 9.97. The summed E-state index contributed by atoms with van der Waals surface area (Å²) < 4.78 is 5.40. The summed E-state index contributed by atoms with van der Waals surface area (Å²) in [5.74, 6) is 1.92. The predicted octanol–water partition coefficient (Wildman–Crippen LogP) is 2.57. The van der Waals surface area contributed by atoms with Gasteiger partial charge in [-0.25, -0.2) is 4.98 Å². The molecule has 2 aromatic heterocycles. The number of nitrogens with zero attached hydrogens (tertiary/aromatic N) is 4. The first-order valence-electron chi connectivity index (χ1n) is 8.34. The number of likely N-dealkylation sites (tertiary alicyclic amines) is 1. The molecular weight excluding hydrogens is 326 g/mol. The lowest BCUT2D eigenvalue weighted by Gasteiger charge is -2.31. The molecule has 2 N–H and O–H groups in total. The van der Waals surface area contributed by atoms with Crippen LogP contribution < -0.4 is 5.73 Å². The number of piperidine rings is 1. The van der Waals surface area contributed by atoms with Crippen LogP contribution in [0.5, 0.6) is 0 Å². The van der Waals surface area contributed by atoms with Gasteiger partial charge in [-0.3, -0.25) is 4.79 Å². The van der Waals surface area contributed by atoms with Crippen molar-refractivity contribution in [3.63, 3.8) is 0 Å². The molecule has 1 fully saturated rings. The van der Waals surface area contributed by atoms with Crippen molar-refractivity contribution in [2.45, 2.75) is 51.4 Å². The van der Waals surface area contributed by atoms with E-state index in [0.29, 0.717) is 30.4 Å². The molecule has 3 rings (SSSR count). The molecule has 1 amide bonds. The van der Waals surface area contributed by atoms with E-state index in [4.69, 9.17) is 10.3 Å². The molecule has 3 heterocycles. The summed E-state index contributed by atoms with van der Waals surface area (Å²) in [5, 5.41) is 6.49. The minimum atomic E-state index is 0.137. The molecule has 0 spiro atoms. The van der Waals surface area contributed by atoms with Gasteiger partial charge in [0.2, 0.25) is 11.8 Å². The normalized spacial score (nSPS) is 18.3. The van der Waals surface area contributed by atoms with Gasteiger partial charge in [-0.2, -0.15) is 4.98 Å². The lowest BCUT2D eigenvalue weighted by Crippen LogP contribution is -2.39. The van der Waals surface area contributed by atoms with Crippen molar-refractivity contribution in [1.82, 2.24) is 20.0 Å². The number of amides is 1. The molecule has 1 aliphatic rings. The van der Waals surface area contributed by atoms with Gasteiger partial charge in [0.05, 0.1) is 11.6 Å². The van der Waals surface area contributed by atoms with E-state index in [0.717, 1.165) is 30.9 Å². The van der Waals surface area contributed by atoms with Crippen LogP contribution in [0.25, 0.3) is 0 Å². The Morgan fingerprint density at radius 1 is 1.50 bits per heavy atom. The van der Waals surface area contributed by atoms with E-state index in [9.17, 15) is 4.79 Å². The van der Waals surface area contributed by atoms with E-state index < -0.39 is 0 Å². The van der Waals surface area contributed by atoms with Crippen molar-refractivity contribution in [3.05, 3.63) is 22.8 Å². The average molecular weight is 349 g/mol. The van der Waals surface area contributed by atoms with Crippen LogP contribution in [0, 0.1) is 0 Å². The van der Waals surface area contributed by atoms with E-state index in [1.807, 2.05) is 24.1 Å². The van der Waals surface area contributed by atoms with Crippen LogP contribution in [0.1, 0.15) is 62.4 Å². The van der Waals surface area contributed by atoms with Crippen LogP contribution in [-0.2, 0) is 11.2 Å². The first-order valence-corrected chi connectivity index (χ1v) is 9.22. The molecule has 0 radical (unpaired) electrons. The Morgan fingerprint density at radius 3 is 3.00 bits per heavy atom. The highest BCUT2D eigenvalue weighted by Crippen LogP contribution is 2.27. The second-order valence-corrected chi connectivity index (χ2v) is 7.39. The molecule has 130 valence electrons. The molecule has 0 bridgehead atoms. The van der Waals surface area contributed by atoms with E-state index >= 15 is 0 Å². The zero-order valence-corrected chi connectivity index (χ0v) is 14.9. The van der Waals surface area contributed by atoms with Crippen molar-refractivity contribution in [1.29, 1.82) is 0 Å². The highest BCUT2D eigenvalue weighted by atomic mass is 32.1. The minimum absolute atomic E-state index is 0.137. The van der Waals surface area contributed by atoms with Gasteiger partial charge in [-0.05, 0) is 19.3 Å². The van der Waals surface area contributed by atoms with Gasteiger partial charge in [0.1, 0.15) is 0 Å². The Kier molecular flexibility index (Phi) is 5.13. The third kappa shape index (κ3) is 3.92. The molecule has 0 saturated carbocycles. The van der Waals surface area contributed by atoms with Gasteiger partial charge in [-0.1, -0.05) is 19.0 Å². The summed E-state index contributed by atoms with van der Waals surface area (Å²) in [5.41, 5.74) is 6.51. The van der Waals surface area contributed by atoms with Crippen LogP contribution >= 0.6 is 11.3 Å². The van der Waals surface area contributed by atoms with Crippen LogP contribution in [0.3, 0.4) is 0 Å². The molecular formula is C16H23N5O2S. The van der Waals surface area contributed by atoms with Crippen molar-refractivity contribution in [2.24, 2.45) is 0 Å². The first-order chi connectivity index (χ1) is 11.5. The zero-order valence-electron chi connectivity index (χ0n) is 14.1. The number of carbonyl (C=O) groups excluding carboxylic acids is 1. The van der Waals surface area contributed by atoms with Crippen molar-refractivity contribution >= 4 is 22.4 Å². The summed E-state index contributed by atoms with van der Waals surface area (Å²) in [6, 6.07) is 0. The number of hydrogen-bond acceptors (Lipinski definition) is 7. The maximum atomic E-state index is 12.5. The van der Waals surface area contributed by atoms with Crippen LogP contribution in [0.4, 0.5) is 5.13 Å². The fraction of sp³-hybridized carbons (Fsp3) is 0.625. The smallest absolute Gasteiger partial charge is 0.231 e. The van der Waals surface area contributed by atoms with Crippen LogP contribution in [-0.4, -0.2) is 39.0 Å². The van der Waals surface area contributed by atoms with E-state index in [-0.39, 0.29) is 17.7 Å². The number of aromatic nitrogens is 3. The molecule has 2 aromatic rings. The number of carbonyl (C=O) groups is 1. The van der Waals surface area contributed by atoms with E-state index in [1.54, 1.807) is 0 Å². The molecule has 0 unspecified atom stereocenters. The minimum Gasteiger partial charge on any atom is -0.375 e. The summed E-state index contributed by atoms with van der Waals surface area (Å²) in [7, 11) is 0. The van der Waals surface area contributed by atoms with Gasteiger partial charge in [0.15, 0.2) is 11.0 Å². The Bertz CT molecular complexity index is 696. The number of nitrogen functional groups attached to an aromatic ring is 1. The zero-order chi connectivity index (χ0) is 17.1. The summed E-state index contributed by atoms with van der Waals surface area (Å²) >= 11 is 1.41. The number of rotatable bonds is 5. The number of thiazole rings is 1. The molecule has 1 saturated heterocycles. The number of aryl methyl sites for hydroxylation is 1. The predicted molar refractivity (Wildman–Crippen MR) is 91.8 cm³/mol. The fourth-order valence-electron chi connectivity index (χ4n) is 2.88. The molecule has 7 nitrogen and oxygen atoms in total. The van der Waals surface area contributed by atoms with E-state index in [1.165, 1.54) is 11.3 Å². The monoisotopic (exact) mass is 349 g/mol. The number of nitrogens with two attached hydrogens (primary N) is 1.